The van der Waals surface area contributed by atoms with Gasteiger partial charge in [-0.25, -0.2) is 4.98 Å². The van der Waals surface area contributed by atoms with E-state index in [1.165, 1.54) is 0 Å². The van der Waals surface area contributed by atoms with Crippen LogP contribution < -0.4 is 15.0 Å². The van der Waals surface area contributed by atoms with Crippen molar-refractivity contribution in [3.63, 3.8) is 0 Å². The van der Waals surface area contributed by atoms with Crippen molar-refractivity contribution < 1.29 is 23.2 Å². The second kappa shape index (κ2) is 18.7. The highest BCUT2D eigenvalue weighted by Crippen LogP contribution is 2.34. The Balaban J connectivity index is 1.27. The summed E-state index contributed by atoms with van der Waals surface area (Å²) in [5, 5.41) is 3.08. The molecule has 0 fully saturated rings. The van der Waals surface area contributed by atoms with Gasteiger partial charge in [0.2, 0.25) is 0 Å². The molecule has 1 aliphatic rings. The topological polar surface area (TPSA) is 94.9 Å². The van der Waals surface area contributed by atoms with E-state index in [9.17, 15) is 9.00 Å². The second-order valence-corrected chi connectivity index (χ2v) is 14.4. The van der Waals surface area contributed by atoms with Crippen molar-refractivity contribution in [3.05, 3.63) is 96.1 Å². The van der Waals surface area contributed by atoms with Crippen molar-refractivity contribution in [2.45, 2.75) is 57.2 Å². The zero-order valence-electron chi connectivity index (χ0n) is 29.7. The fourth-order valence-electron chi connectivity index (χ4n) is 5.87. The number of hydrogen-bond acceptors (Lipinski definition) is 7. The fourth-order valence-corrected chi connectivity index (χ4v) is 6.99. The molecule has 10 heteroatoms. The number of benzene rings is 3. The van der Waals surface area contributed by atoms with Gasteiger partial charge in [-0.2, -0.15) is 0 Å². The quantitative estimate of drug-likeness (QED) is 0.107. The summed E-state index contributed by atoms with van der Waals surface area (Å²) in [4.78, 5) is 20.9. The first kappa shape index (κ1) is 37.0. The van der Waals surface area contributed by atoms with Gasteiger partial charge in [-0.05, 0) is 90.1 Å². The normalized spacial score (nSPS) is 13.5. The number of fused-ring (bicyclic) bond motifs is 1. The number of hydrogen-bond donors (Lipinski definition) is 1. The van der Waals surface area contributed by atoms with Crippen LogP contribution in [0.4, 0.5) is 11.4 Å². The Kier molecular flexibility index (Phi) is 13.8. The standard InChI is InChI=1S/C40H50N4O5S/c1-5-6-20-48-22-23-49-37-12-7-31(8-13-37)32-9-16-39-34(24-32)25-33(17-18-43(39)27-30(2)3)40(45)42-35-10-14-38(15-11-35)50(46)28-36-26-41-29-44(36)19-21-47-4/h7-16,24-26,29-30H,5-6,17-23,27-28H2,1-4H3,(H,42,45). The lowest BCUT2D eigenvalue weighted by molar-refractivity contribution is -0.112. The van der Waals surface area contributed by atoms with Crippen molar-refractivity contribution in [1.29, 1.82) is 0 Å². The smallest absolute Gasteiger partial charge is 0.251 e. The number of anilines is 2. The summed E-state index contributed by atoms with van der Waals surface area (Å²) in [5.74, 6) is 1.50. The van der Waals surface area contributed by atoms with Crippen LogP contribution in [-0.2, 0) is 37.4 Å². The van der Waals surface area contributed by atoms with Gasteiger partial charge < -0.3 is 29.0 Å². The first-order valence-corrected chi connectivity index (χ1v) is 18.8. The molecule has 0 aliphatic carbocycles. The maximum Gasteiger partial charge on any atom is 0.251 e. The summed E-state index contributed by atoms with van der Waals surface area (Å²) in [6.07, 6.45) is 8.31. The van der Waals surface area contributed by atoms with Gasteiger partial charge in [0.1, 0.15) is 12.4 Å². The van der Waals surface area contributed by atoms with E-state index in [1.54, 1.807) is 19.6 Å². The summed E-state index contributed by atoms with van der Waals surface area (Å²) in [6, 6.07) is 21.9. The van der Waals surface area contributed by atoms with Gasteiger partial charge in [0.25, 0.3) is 5.91 Å². The first-order valence-electron chi connectivity index (χ1n) is 17.5. The molecule has 0 spiro atoms. The number of carbonyl (C=O) groups excluding carboxylic acids is 1. The van der Waals surface area contributed by atoms with Crippen LogP contribution in [-0.4, -0.2) is 66.3 Å². The van der Waals surface area contributed by atoms with E-state index in [2.05, 4.69) is 66.3 Å². The number of imidazole rings is 1. The van der Waals surface area contributed by atoms with Gasteiger partial charge in [0.15, 0.2) is 0 Å². The lowest BCUT2D eigenvalue weighted by Gasteiger charge is -2.27. The third kappa shape index (κ3) is 10.4. The van der Waals surface area contributed by atoms with Crippen molar-refractivity contribution in [2.24, 2.45) is 5.92 Å². The predicted octanol–water partition coefficient (Wildman–Crippen LogP) is 7.59. The third-order valence-electron chi connectivity index (χ3n) is 8.54. The highest BCUT2D eigenvalue weighted by molar-refractivity contribution is 7.84. The molecule has 1 amide bonds. The van der Waals surface area contributed by atoms with E-state index in [4.69, 9.17) is 14.2 Å². The van der Waals surface area contributed by atoms with Crippen LogP contribution >= 0.6 is 0 Å². The minimum absolute atomic E-state index is 0.135. The minimum atomic E-state index is -1.26. The zero-order chi connectivity index (χ0) is 35.3. The zero-order valence-corrected chi connectivity index (χ0v) is 30.5. The molecule has 0 saturated heterocycles. The third-order valence-corrected chi connectivity index (χ3v) is 9.90. The van der Waals surface area contributed by atoms with Crippen LogP contribution in [0.5, 0.6) is 5.75 Å². The van der Waals surface area contributed by atoms with Gasteiger partial charge in [-0.1, -0.05) is 45.4 Å². The lowest BCUT2D eigenvalue weighted by Crippen LogP contribution is -2.29. The number of amides is 1. The molecule has 1 atom stereocenters. The summed E-state index contributed by atoms with van der Waals surface area (Å²) >= 11 is 0. The van der Waals surface area contributed by atoms with Crippen molar-refractivity contribution in [1.82, 2.24) is 9.55 Å². The van der Waals surface area contributed by atoms with Crippen LogP contribution in [0.2, 0.25) is 0 Å². The van der Waals surface area contributed by atoms with Crippen LogP contribution in [0.1, 0.15) is 51.3 Å². The molecule has 3 aromatic carbocycles. The number of methoxy groups -OCH3 is 1. The number of carbonyl (C=O) groups is 1. The summed E-state index contributed by atoms with van der Waals surface area (Å²) < 4.78 is 31.7. The molecule has 1 aliphatic heterocycles. The Morgan fingerprint density at radius 2 is 1.76 bits per heavy atom. The number of nitrogens with zero attached hydrogens (tertiary/aromatic N) is 3. The lowest BCUT2D eigenvalue weighted by atomic mass is 10.00. The van der Waals surface area contributed by atoms with Gasteiger partial charge >= 0.3 is 0 Å². The molecule has 266 valence electrons. The van der Waals surface area contributed by atoms with E-state index in [-0.39, 0.29) is 5.91 Å². The van der Waals surface area contributed by atoms with Crippen molar-refractivity contribution >= 4 is 34.2 Å². The van der Waals surface area contributed by atoms with E-state index in [1.807, 2.05) is 47.0 Å². The highest BCUT2D eigenvalue weighted by Gasteiger charge is 2.21. The van der Waals surface area contributed by atoms with Gasteiger partial charge in [-0.3, -0.25) is 9.00 Å². The van der Waals surface area contributed by atoms with Gasteiger partial charge in [-0.15, -0.1) is 0 Å². The number of unbranched alkanes of at least 4 members (excludes halogenated alkanes) is 1. The average Bonchev–Trinajstić information content (AvgIpc) is 3.48. The van der Waals surface area contributed by atoms with E-state index in [0.29, 0.717) is 55.0 Å². The average molecular weight is 699 g/mol. The predicted molar refractivity (Wildman–Crippen MR) is 202 cm³/mol. The first-order chi connectivity index (χ1) is 24.3. The Bertz CT molecular complexity index is 1730. The maximum absolute atomic E-state index is 13.7. The van der Waals surface area contributed by atoms with E-state index < -0.39 is 10.8 Å². The Morgan fingerprint density at radius 1 is 0.980 bits per heavy atom. The number of rotatable bonds is 18. The molecule has 2 heterocycles. The maximum atomic E-state index is 13.7. The molecule has 0 saturated carbocycles. The Morgan fingerprint density at radius 3 is 2.50 bits per heavy atom. The fraction of sp³-hybridized carbons (Fsp3) is 0.400. The Hall–Kier alpha value is -4.25. The molecular formula is C40H50N4O5S. The summed E-state index contributed by atoms with van der Waals surface area (Å²) in [7, 11) is 0.399. The van der Waals surface area contributed by atoms with Crippen molar-refractivity contribution in [3.8, 4) is 16.9 Å². The van der Waals surface area contributed by atoms with Crippen LogP contribution in [0, 0.1) is 5.92 Å². The molecule has 1 aromatic heterocycles. The summed E-state index contributed by atoms with van der Waals surface area (Å²) in [5.41, 5.74) is 6.57. The molecule has 5 rings (SSSR count). The number of aromatic nitrogens is 2. The molecule has 50 heavy (non-hydrogen) atoms. The van der Waals surface area contributed by atoms with E-state index >= 15 is 0 Å². The van der Waals surface area contributed by atoms with Crippen LogP contribution in [0.15, 0.2) is 89.7 Å². The molecule has 0 radical (unpaired) electrons. The van der Waals surface area contributed by atoms with Gasteiger partial charge in [0, 0.05) is 61.4 Å². The minimum Gasteiger partial charge on any atom is -0.491 e. The monoisotopic (exact) mass is 698 g/mol. The highest BCUT2D eigenvalue weighted by atomic mass is 32.2. The largest absolute Gasteiger partial charge is 0.491 e. The number of nitrogens with one attached hydrogen (secondary N) is 1. The molecule has 4 aromatic rings. The van der Waals surface area contributed by atoms with E-state index in [0.717, 1.165) is 71.9 Å². The molecule has 1 unspecified atom stereocenters. The van der Waals surface area contributed by atoms with Crippen LogP contribution in [0.3, 0.4) is 0 Å². The van der Waals surface area contributed by atoms with Gasteiger partial charge in [0.05, 0.1) is 41.8 Å². The second-order valence-electron chi connectivity index (χ2n) is 12.9. The van der Waals surface area contributed by atoms with Crippen molar-refractivity contribution in [2.75, 3.05) is 56.8 Å². The SMILES string of the molecule is CCCCOCCOc1ccc(-c2ccc3c(c2)C=C(C(=O)Nc2ccc(S(=O)Cc4cncn4CCOC)cc2)CCN3CC(C)C)cc1. The molecule has 1 N–H and O–H groups in total. The molecule has 0 bridgehead atoms. The number of ether oxygens (including phenoxy) is 3. The van der Waals surface area contributed by atoms with Crippen LogP contribution in [0.25, 0.3) is 17.2 Å². The summed E-state index contributed by atoms with van der Waals surface area (Å²) in [6.45, 7) is 11.3. The molecule has 9 nitrogen and oxygen atoms in total. The Labute approximate surface area is 299 Å². The molecular weight excluding hydrogens is 649 g/mol.